The van der Waals surface area contributed by atoms with Crippen LogP contribution in [0.1, 0.15) is 43.6 Å². The Kier molecular flexibility index (Phi) is 6.49. The third-order valence-electron chi connectivity index (χ3n) is 7.93. The Bertz CT molecular complexity index is 1390. The molecule has 10 heteroatoms. The molecule has 2 saturated heterocycles. The Morgan fingerprint density at radius 3 is 2.66 bits per heavy atom. The number of likely N-dealkylation sites (tertiary alicyclic amines) is 1. The molecular formula is C28H29ClN6O3. The van der Waals surface area contributed by atoms with Crippen LogP contribution in [0.2, 0.25) is 5.02 Å². The van der Waals surface area contributed by atoms with Crippen LogP contribution in [0.25, 0.3) is 11.3 Å². The number of pyridine rings is 1. The highest BCUT2D eigenvalue weighted by molar-refractivity contribution is 6.32. The molecule has 3 aliphatic rings. The number of piperidine rings is 1. The summed E-state index contributed by atoms with van der Waals surface area (Å²) in [6, 6.07) is 10.2. The SMILES string of the molecule is O=C(O)CN1CCC2(CC1)CCN(c1cncc(Nc3ncc(Cl)c(-c4cccc(C5CC5)c4)n3)c1)C2=O. The van der Waals surface area contributed by atoms with E-state index in [9.17, 15) is 9.59 Å². The number of carboxylic acids is 1. The first-order valence-electron chi connectivity index (χ1n) is 13.0. The first-order valence-corrected chi connectivity index (χ1v) is 13.4. The second-order valence-electron chi connectivity index (χ2n) is 10.5. The Hall–Kier alpha value is -3.56. The van der Waals surface area contributed by atoms with E-state index in [1.807, 2.05) is 23.1 Å². The predicted octanol–water partition coefficient (Wildman–Crippen LogP) is 4.72. The molecule has 0 atom stereocenters. The summed E-state index contributed by atoms with van der Waals surface area (Å²) in [5, 5.41) is 12.8. The van der Waals surface area contributed by atoms with Crippen molar-refractivity contribution >= 4 is 40.8 Å². The number of carboxylic acid groups (broad SMARTS) is 1. The maximum atomic E-state index is 13.5. The molecule has 2 N–H and O–H groups in total. The molecule has 1 aromatic carbocycles. The van der Waals surface area contributed by atoms with Gasteiger partial charge in [0, 0.05) is 12.1 Å². The van der Waals surface area contributed by atoms with Crippen molar-refractivity contribution in [3.63, 3.8) is 0 Å². The van der Waals surface area contributed by atoms with Crippen LogP contribution >= 0.6 is 11.6 Å². The molecule has 196 valence electrons. The van der Waals surface area contributed by atoms with Crippen LogP contribution in [0.5, 0.6) is 0 Å². The third kappa shape index (κ3) is 4.96. The first-order chi connectivity index (χ1) is 18.4. The van der Waals surface area contributed by atoms with Crippen molar-refractivity contribution in [2.24, 2.45) is 5.41 Å². The van der Waals surface area contributed by atoms with Gasteiger partial charge in [0.1, 0.15) is 0 Å². The van der Waals surface area contributed by atoms with Crippen molar-refractivity contribution < 1.29 is 14.7 Å². The lowest BCUT2D eigenvalue weighted by Crippen LogP contribution is -2.46. The third-order valence-corrected chi connectivity index (χ3v) is 8.21. The number of amides is 1. The smallest absolute Gasteiger partial charge is 0.317 e. The number of aliphatic carboxylic acids is 1. The van der Waals surface area contributed by atoms with Gasteiger partial charge in [-0.1, -0.05) is 29.8 Å². The van der Waals surface area contributed by atoms with Crippen molar-refractivity contribution in [2.75, 3.05) is 36.4 Å². The molecule has 9 nitrogen and oxygen atoms in total. The average Bonchev–Trinajstić information content (AvgIpc) is 3.72. The van der Waals surface area contributed by atoms with E-state index in [4.69, 9.17) is 16.7 Å². The van der Waals surface area contributed by atoms with Crippen LogP contribution in [0.4, 0.5) is 17.3 Å². The molecule has 6 rings (SSSR count). The van der Waals surface area contributed by atoms with Crippen molar-refractivity contribution in [2.45, 2.75) is 38.0 Å². The molecule has 2 aromatic heterocycles. The van der Waals surface area contributed by atoms with Gasteiger partial charge in [-0.15, -0.1) is 0 Å². The van der Waals surface area contributed by atoms with Gasteiger partial charge >= 0.3 is 5.97 Å². The Labute approximate surface area is 225 Å². The molecule has 38 heavy (non-hydrogen) atoms. The standard InChI is InChI=1S/C28H29ClN6O3/c29-23-16-31-27(33-25(23)20-3-1-2-19(12-20)18-4-5-18)32-21-13-22(15-30-14-21)35-11-8-28(26(35)38)6-9-34(10-7-28)17-24(36)37/h1-3,12-16,18H,4-11,17H2,(H,36,37)(H,31,32,33). The Balaban J connectivity index is 1.17. The summed E-state index contributed by atoms with van der Waals surface area (Å²) in [6.45, 7) is 1.87. The summed E-state index contributed by atoms with van der Waals surface area (Å²) < 4.78 is 0. The van der Waals surface area contributed by atoms with E-state index in [2.05, 4.69) is 32.4 Å². The average molecular weight is 533 g/mol. The van der Waals surface area contributed by atoms with Crippen LogP contribution in [0, 0.1) is 5.41 Å². The number of anilines is 3. The van der Waals surface area contributed by atoms with Gasteiger partial charge in [-0.3, -0.25) is 19.5 Å². The molecule has 1 spiro atoms. The summed E-state index contributed by atoms with van der Waals surface area (Å²) in [7, 11) is 0. The highest BCUT2D eigenvalue weighted by atomic mass is 35.5. The molecule has 0 unspecified atom stereocenters. The number of hydrogen-bond donors (Lipinski definition) is 2. The monoisotopic (exact) mass is 532 g/mol. The highest BCUT2D eigenvalue weighted by Gasteiger charge is 2.48. The maximum Gasteiger partial charge on any atom is 0.317 e. The van der Waals surface area contributed by atoms with E-state index in [0.717, 1.165) is 17.7 Å². The molecule has 1 saturated carbocycles. The minimum absolute atomic E-state index is 0.0199. The zero-order chi connectivity index (χ0) is 26.3. The normalized spacial score (nSPS) is 19.2. The van der Waals surface area contributed by atoms with Gasteiger partial charge in [-0.05, 0) is 68.8 Å². The van der Waals surface area contributed by atoms with Gasteiger partial charge in [-0.2, -0.15) is 0 Å². The number of rotatable bonds is 7. The van der Waals surface area contributed by atoms with Crippen LogP contribution in [0.15, 0.2) is 48.9 Å². The summed E-state index contributed by atoms with van der Waals surface area (Å²) in [5.74, 6) is 0.285. The van der Waals surface area contributed by atoms with Gasteiger partial charge in [0.05, 0.1) is 52.6 Å². The van der Waals surface area contributed by atoms with Crippen molar-refractivity contribution in [1.29, 1.82) is 0 Å². The zero-order valence-electron chi connectivity index (χ0n) is 20.9. The van der Waals surface area contributed by atoms with Gasteiger partial charge in [-0.25, -0.2) is 9.97 Å². The summed E-state index contributed by atoms with van der Waals surface area (Å²) >= 11 is 6.47. The summed E-state index contributed by atoms with van der Waals surface area (Å²) in [4.78, 5) is 41.7. The van der Waals surface area contributed by atoms with Crippen LogP contribution in [0.3, 0.4) is 0 Å². The minimum Gasteiger partial charge on any atom is -0.480 e. The molecule has 1 amide bonds. The van der Waals surface area contributed by atoms with Crippen molar-refractivity contribution in [3.05, 3.63) is 59.5 Å². The molecule has 3 aromatic rings. The zero-order valence-corrected chi connectivity index (χ0v) is 21.7. The lowest BCUT2D eigenvalue weighted by atomic mass is 9.77. The Morgan fingerprint density at radius 1 is 1.11 bits per heavy atom. The molecule has 0 radical (unpaired) electrons. The van der Waals surface area contributed by atoms with E-state index in [-0.39, 0.29) is 12.5 Å². The summed E-state index contributed by atoms with van der Waals surface area (Å²) in [5.41, 5.74) is 3.90. The van der Waals surface area contributed by atoms with Gasteiger partial charge in [0.25, 0.3) is 0 Å². The maximum absolute atomic E-state index is 13.5. The van der Waals surface area contributed by atoms with Crippen LogP contribution in [-0.4, -0.2) is 63.0 Å². The van der Waals surface area contributed by atoms with Crippen LogP contribution < -0.4 is 10.2 Å². The van der Waals surface area contributed by atoms with Gasteiger partial charge < -0.3 is 15.3 Å². The molecule has 2 aliphatic heterocycles. The van der Waals surface area contributed by atoms with E-state index < -0.39 is 11.4 Å². The first kappa shape index (κ1) is 24.8. The van der Waals surface area contributed by atoms with Crippen LogP contribution in [-0.2, 0) is 9.59 Å². The quantitative estimate of drug-likeness (QED) is 0.450. The number of aromatic nitrogens is 3. The molecular weight excluding hydrogens is 504 g/mol. The molecule has 3 fully saturated rings. The van der Waals surface area contributed by atoms with Gasteiger partial charge in [0.15, 0.2) is 0 Å². The number of nitrogens with one attached hydrogen (secondary N) is 1. The topological polar surface area (TPSA) is 112 Å². The highest BCUT2D eigenvalue weighted by Crippen LogP contribution is 2.44. The fourth-order valence-corrected chi connectivity index (χ4v) is 5.82. The summed E-state index contributed by atoms with van der Waals surface area (Å²) in [6.07, 6.45) is 9.51. The molecule has 0 bridgehead atoms. The van der Waals surface area contributed by atoms with E-state index in [1.165, 1.54) is 18.4 Å². The fourth-order valence-electron chi connectivity index (χ4n) is 5.62. The number of hydrogen-bond acceptors (Lipinski definition) is 7. The van der Waals surface area contributed by atoms with E-state index in [1.54, 1.807) is 23.5 Å². The number of halogens is 1. The number of carbonyl (C=O) groups excluding carboxylic acids is 1. The number of carbonyl (C=O) groups is 2. The molecule has 1 aliphatic carbocycles. The number of benzene rings is 1. The van der Waals surface area contributed by atoms with Crippen molar-refractivity contribution in [1.82, 2.24) is 19.9 Å². The minimum atomic E-state index is -0.834. The lowest BCUT2D eigenvalue weighted by molar-refractivity contribution is -0.139. The van der Waals surface area contributed by atoms with Crippen molar-refractivity contribution in [3.8, 4) is 11.3 Å². The fraction of sp³-hybridized carbons (Fsp3) is 0.393. The van der Waals surface area contributed by atoms with E-state index >= 15 is 0 Å². The largest absolute Gasteiger partial charge is 0.480 e. The second kappa shape index (κ2) is 9.96. The lowest BCUT2D eigenvalue weighted by Gasteiger charge is -2.37. The second-order valence-corrected chi connectivity index (χ2v) is 10.9. The Morgan fingerprint density at radius 2 is 1.89 bits per heavy atom. The van der Waals surface area contributed by atoms with Gasteiger partial charge in [0.2, 0.25) is 11.9 Å². The predicted molar refractivity (Wildman–Crippen MR) is 145 cm³/mol. The van der Waals surface area contributed by atoms with E-state index in [0.29, 0.717) is 60.7 Å². The number of nitrogens with zero attached hydrogens (tertiary/aromatic N) is 5. The molecule has 4 heterocycles.